The number of aliphatic imine (C=N–C) groups is 1. The zero-order valence-electron chi connectivity index (χ0n) is 14.0. The molecule has 0 rings (SSSR count). The third kappa shape index (κ3) is 8.09. The molecule has 19 heavy (non-hydrogen) atoms. The van der Waals surface area contributed by atoms with Gasteiger partial charge in [-0.05, 0) is 47.5 Å². The molecular weight excluding hydrogens is 236 g/mol. The van der Waals surface area contributed by atoms with Crippen molar-refractivity contribution < 1.29 is 0 Å². The van der Waals surface area contributed by atoms with Gasteiger partial charge >= 0.3 is 0 Å². The molecular formula is C15H34N4. The summed E-state index contributed by atoms with van der Waals surface area (Å²) in [5, 5.41) is 6.76. The van der Waals surface area contributed by atoms with E-state index in [0.717, 1.165) is 31.9 Å². The van der Waals surface area contributed by atoms with E-state index in [1.165, 1.54) is 0 Å². The third-order valence-electron chi connectivity index (χ3n) is 3.43. The minimum Gasteiger partial charge on any atom is -0.356 e. The molecule has 0 radical (unpaired) electrons. The Morgan fingerprint density at radius 3 is 2.11 bits per heavy atom. The number of nitrogens with one attached hydrogen (secondary N) is 2. The smallest absolute Gasteiger partial charge is 0.191 e. The molecule has 0 aromatic heterocycles. The summed E-state index contributed by atoms with van der Waals surface area (Å²) in [4.78, 5) is 6.76. The van der Waals surface area contributed by atoms with Crippen molar-refractivity contribution in [2.24, 2.45) is 4.99 Å². The second-order valence-corrected chi connectivity index (χ2v) is 5.73. The van der Waals surface area contributed by atoms with Gasteiger partial charge in [0.15, 0.2) is 5.96 Å². The standard InChI is InChI=1S/C15H34N4/c1-8-14(6)18-15(16-7)17-10-9-11-19(12(2)3)13(4)5/h12-14H,8-11H2,1-7H3,(H2,16,17,18). The van der Waals surface area contributed by atoms with E-state index in [4.69, 9.17) is 0 Å². The monoisotopic (exact) mass is 270 g/mol. The van der Waals surface area contributed by atoms with Crippen LogP contribution in [0.15, 0.2) is 4.99 Å². The topological polar surface area (TPSA) is 39.7 Å². The molecule has 0 aliphatic heterocycles. The van der Waals surface area contributed by atoms with Gasteiger partial charge in [0.2, 0.25) is 0 Å². The minimum absolute atomic E-state index is 0.467. The third-order valence-corrected chi connectivity index (χ3v) is 3.43. The molecule has 0 spiro atoms. The molecule has 0 aromatic carbocycles. The maximum atomic E-state index is 4.24. The number of rotatable bonds is 8. The van der Waals surface area contributed by atoms with Gasteiger partial charge in [-0.15, -0.1) is 0 Å². The Hall–Kier alpha value is -0.770. The van der Waals surface area contributed by atoms with Crippen LogP contribution >= 0.6 is 0 Å². The van der Waals surface area contributed by atoms with Crippen molar-refractivity contribution in [3.8, 4) is 0 Å². The number of guanidine groups is 1. The molecule has 0 amide bonds. The fraction of sp³-hybridized carbons (Fsp3) is 0.933. The quantitative estimate of drug-likeness (QED) is 0.404. The Morgan fingerprint density at radius 1 is 1.11 bits per heavy atom. The van der Waals surface area contributed by atoms with Crippen LogP contribution in [-0.2, 0) is 0 Å². The Labute approximate surface area is 120 Å². The van der Waals surface area contributed by atoms with Crippen LogP contribution in [0.25, 0.3) is 0 Å². The van der Waals surface area contributed by atoms with Crippen molar-refractivity contribution in [2.75, 3.05) is 20.1 Å². The second kappa shape index (κ2) is 10.1. The minimum atomic E-state index is 0.467. The van der Waals surface area contributed by atoms with Gasteiger partial charge in [-0.25, -0.2) is 0 Å². The average molecular weight is 270 g/mol. The Bertz CT molecular complexity index is 241. The molecule has 0 fully saturated rings. The van der Waals surface area contributed by atoms with Crippen LogP contribution < -0.4 is 10.6 Å². The van der Waals surface area contributed by atoms with Gasteiger partial charge < -0.3 is 10.6 Å². The predicted molar refractivity (Wildman–Crippen MR) is 85.8 cm³/mol. The van der Waals surface area contributed by atoms with E-state index < -0.39 is 0 Å². The molecule has 1 unspecified atom stereocenters. The first-order chi connectivity index (χ1) is 8.92. The molecule has 0 aromatic rings. The van der Waals surface area contributed by atoms with Crippen molar-refractivity contribution in [2.45, 2.75) is 72.5 Å². The maximum Gasteiger partial charge on any atom is 0.191 e. The van der Waals surface area contributed by atoms with Gasteiger partial charge in [-0.1, -0.05) is 6.92 Å². The van der Waals surface area contributed by atoms with E-state index in [0.29, 0.717) is 18.1 Å². The summed E-state index contributed by atoms with van der Waals surface area (Å²) in [6, 6.07) is 1.68. The van der Waals surface area contributed by atoms with Crippen LogP contribution in [0.1, 0.15) is 54.4 Å². The van der Waals surface area contributed by atoms with Crippen molar-refractivity contribution in [3.05, 3.63) is 0 Å². The highest BCUT2D eigenvalue weighted by molar-refractivity contribution is 5.79. The Balaban J connectivity index is 3.95. The molecule has 4 nitrogen and oxygen atoms in total. The SMILES string of the molecule is CCC(C)NC(=NC)NCCCN(C(C)C)C(C)C. The van der Waals surface area contributed by atoms with E-state index in [-0.39, 0.29) is 0 Å². The molecule has 2 N–H and O–H groups in total. The first kappa shape index (κ1) is 18.2. The summed E-state index contributed by atoms with van der Waals surface area (Å²) in [7, 11) is 1.83. The molecule has 114 valence electrons. The molecule has 0 aliphatic carbocycles. The Kier molecular flexibility index (Phi) is 9.66. The lowest BCUT2D eigenvalue weighted by molar-refractivity contribution is 0.173. The summed E-state index contributed by atoms with van der Waals surface area (Å²) >= 11 is 0. The van der Waals surface area contributed by atoms with Crippen LogP contribution in [0, 0.1) is 0 Å². The Morgan fingerprint density at radius 2 is 1.68 bits per heavy atom. The normalized spacial score (nSPS) is 14.3. The molecule has 0 saturated carbocycles. The van der Waals surface area contributed by atoms with E-state index >= 15 is 0 Å². The van der Waals surface area contributed by atoms with Crippen molar-refractivity contribution in [3.63, 3.8) is 0 Å². The van der Waals surface area contributed by atoms with E-state index in [2.05, 4.69) is 62.1 Å². The molecule has 1 atom stereocenters. The van der Waals surface area contributed by atoms with Gasteiger partial charge in [0.1, 0.15) is 0 Å². The molecule has 0 bridgehead atoms. The van der Waals surface area contributed by atoms with Gasteiger partial charge in [-0.2, -0.15) is 0 Å². The average Bonchev–Trinajstić information content (AvgIpc) is 2.35. The lowest BCUT2D eigenvalue weighted by Gasteiger charge is -2.30. The number of nitrogens with zero attached hydrogens (tertiary/aromatic N) is 2. The zero-order chi connectivity index (χ0) is 14.8. The van der Waals surface area contributed by atoms with Crippen LogP contribution in [0.3, 0.4) is 0 Å². The fourth-order valence-corrected chi connectivity index (χ4v) is 2.11. The van der Waals surface area contributed by atoms with Crippen LogP contribution in [-0.4, -0.2) is 49.1 Å². The van der Waals surface area contributed by atoms with E-state index in [9.17, 15) is 0 Å². The number of hydrogen-bond donors (Lipinski definition) is 2. The molecule has 4 heteroatoms. The molecule has 0 heterocycles. The maximum absolute atomic E-state index is 4.24. The van der Waals surface area contributed by atoms with Crippen LogP contribution in [0.4, 0.5) is 0 Å². The summed E-state index contributed by atoms with van der Waals surface area (Å²) in [6.07, 6.45) is 2.24. The zero-order valence-corrected chi connectivity index (χ0v) is 14.0. The van der Waals surface area contributed by atoms with Crippen molar-refractivity contribution in [1.29, 1.82) is 0 Å². The van der Waals surface area contributed by atoms with Crippen molar-refractivity contribution >= 4 is 5.96 Å². The first-order valence-electron chi connectivity index (χ1n) is 7.65. The van der Waals surface area contributed by atoms with Gasteiger partial charge in [0.25, 0.3) is 0 Å². The lowest BCUT2D eigenvalue weighted by Crippen LogP contribution is -2.43. The summed E-state index contributed by atoms with van der Waals surface area (Å²) in [6.45, 7) is 15.5. The first-order valence-corrected chi connectivity index (χ1v) is 7.65. The summed E-state index contributed by atoms with van der Waals surface area (Å²) in [5.74, 6) is 0.912. The van der Waals surface area contributed by atoms with Crippen LogP contribution in [0.5, 0.6) is 0 Å². The van der Waals surface area contributed by atoms with E-state index in [1.54, 1.807) is 0 Å². The highest BCUT2D eigenvalue weighted by atomic mass is 15.2. The summed E-state index contributed by atoms with van der Waals surface area (Å²) in [5.41, 5.74) is 0. The summed E-state index contributed by atoms with van der Waals surface area (Å²) < 4.78 is 0. The van der Waals surface area contributed by atoms with Gasteiger partial charge in [-0.3, -0.25) is 9.89 Å². The van der Waals surface area contributed by atoms with Gasteiger partial charge in [0.05, 0.1) is 0 Å². The lowest BCUT2D eigenvalue weighted by atomic mass is 10.2. The van der Waals surface area contributed by atoms with E-state index in [1.807, 2.05) is 7.05 Å². The largest absolute Gasteiger partial charge is 0.356 e. The van der Waals surface area contributed by atoms with Crippen LogP contribution in [0.2, 0.25) is 0 Å². The molecule has 0 saturated heterocycles. The fourth-order valence-electron chi connectivity index (χ4n) is 2.11. The predicted octanol–water partition coefficient (Wildman–Crippen LogP) is 2.46. The highest BCUT2D eigenvalue weighted by Crippen LogP contribution is 2.05. The van der Waals surface area contributed by atoms with Gasteiger partial charge in [0, 0.05) is 38.3 Å². The second-order valence-electron chi connectivity index (χ2n) is 5.73. The number of hydrogen-bond acceptors (Lipinski definition) is 2. The van der Waals surface area contributed by atoms with Crippen molar-refractivity contribution in [1.82, 2.24) is 15.5 Å². The molecule has 0 aliphatic rings. The highest BCUT2D eigenvalue weighted by Gasteiger charge is 2.12.